The molecule has 0 spiro atoms. The van der Waals surface area contributed by atoms with Crippen LogP contribution in [-0.2, 0) is 0 Å². The van der Waals surface area contributed by atoms with E-state index in [2.05, 4.69) is 16.9 Å². The topological polar surface area (TPSA) is 56.7 Å². The van der Waals surface area contributed by atoms with E-state index in [1.54, 1.807) is 6.33 Å². The minimum Gasteiger partial charge on any atom is -0.382 e. The first-order valence-corrected chi connectivity index (χ1v) is 5.93. The minimum absolute atomic E-state index is 0.171. The predicted molar refractivity (Wildman–Crippen MR) is 64.0 cm³/mol. The van der Waals surface area contributed by atoms with Gasteiger partial charge in [0.15, 0.2) is 5.82 Å². The number of hydrogen-bond donors (Lipinski definition) is 1. The Hall–Kier alpha value is -1.65. The highest BCUT2D eigenvalue weighted by atomic mass is 19.1. The maximum absolute atomic E-state index is 13.3. The third kappa shape index (κ3) is 1.66. The Labute approximate surface area is 98.7 Å². The smallest absolute Gasteiger partial charge is 0.217 e. The Morgan fingerprint density at radius 1 is 1.47 bits per heavy atom. The van der Waals surface area contributed by atoms with Gasteiger partial charge < -0.3 is 10.3 Å². The number of aromatic nitrogens is 3. The number of fused-ring (bicyclic) bond motifs is 1. The first-order valence-electron chi connectivity index (χ1n) is 5.93. The Morgan fingerprint density at radius 2 is 2.29 bits per heavy atom. The zero-order valence-corrected chi connectivity index (χ0v) is 9.73. The Kier molecular flexibility index (Phi) is 2.28. The first kappa shape index (κ1) is 10.5. The predicted octanol–water partition coefficient (Wildman–Crippen LogP) is 2.51. The van der Waals surface area contributed by atoms with E-state index in [0.717, 1.165) is 24.3 Å². The SMILES string of the molecule is C[C@@H]1CC[C@H](n2cnc3c(N)nc(F)cc32)C1. The first-order chi connectivity index (χ1) is 8.15. The van der Waals surface area contributed by atoms with E-state index >= 15 is 0 Å². The van der Waals surface area contributed by atoms with Crippen LogP contribution in [0.3, 0.4) is 0 Å². The molecule has 1 aliphatic carbocycles. The van der Waals surface area contributed by atoms with E-state index in [0.29, 0.717) is 11.6 Å². The molecular weight excluding hydrogens is 219 g/mol. The second-order valence-corrected chi connectivity index (χ2v) is 4.92. The average molecular weight is 234 g/mol. The average Bonchev–Trinajstić information content (AvgIpc) is 2.83. The number of rotatable bonds is 1. The number of anilines is 1. The summed E-state index contributed by atoms with van der Waals surface area (Å²) in [6, 6.07) is 1.83. The van der Waals surface area contributed by atoms with Crippen molar-refractivity contribution in [2.75, 3.05) is 5.73 Å². The fourth-order valence-corrected chi connectivity index (χ4v) is 2.74. The molecule has 1 fully saturated rings. The van der Waals surface area contributed by atoms with Crippen LogP contribution in [0.15, 0.2) is 12.4 Å². The summed E-state index contributed by atoms with van der Waals surface area (Å²) in [6.07, 6.45) is 5.21. The van der Waals surface area contributed by atoms with E-state index in [9.17, 15) is 4.39 Å². The van der Waals surface area contributed by atoms with Crippen LogP contribution in [0.5, 0.6) is 0 Å². The number of nitrogens with zero attached hydrogens (tertiary/aromatic N) is 3. The highest BCUT2D eigenvalue weighted by Crippen LogP contribution is 2.36. The third-order valence-corrected chi connectivity index (χ3v) is 3.62. The van der Waals surface area contributed by atoms with Crippen LogP contribution in [-0.4, -0.2) is 14.5 Å². The summed E-state index contributed by atoms with van der Waals surface area (Å²) in [6.45, 7) is 2.25. The normalized spacial score (nSPS) is 24.6. The largest absolute Gasteiger partial charge is 0.382 e. The molecule has 5 heteroatoms. The van der Waals surface area contributed by atoms with E-state index in [4.69, 9.17) is 5.73 Å². The zero-order valence-electron chi connectivity index (χ0n) is 9.73. The molecule has 3 rings (SSSR count). The third-order valence-electron chi connectivity index (χ3n) is 3.62. The lowest BCUT2D eigenvalue weighted by Crippen LogP contribution is -2.04. The maximum Gasteiger partial charge on any atom is 0.217 e. The lowest BCUT2D eigenvalue weighted by Gasteiger charge is -2.12. The van der Waals surface area contributed by atoms with Crippen molar-refractivity contribution in [3.8, 4) is 0 Å². The van der Waals surface area contributed by atoms with Crippen molar-refractivity contribution in [1.82, 2.24) is 14.5 Å². The van der Waals surface area contributed by atoms with Crippen molar-refractivity contribution in [3.05, 3.63) is 18.3 Å². The number of pyridine rings is 1. The van der Waals surface area contributed by atoms with Gasteiger partial charge in [0.25, 0.3) is 0 Å². The van der Waals surface area contributed by atoms with Crippen molar-refractivity contribution in [1.29, 1.82) is 0 Å². The summed E-state index contributed by atoms with van der Waals surface area (Å²) < 4.78 is 15.3. The van der Waals surface area contributed by atoms with Crippen molar-refractivity contribution < 1.29 is 4.39 Å². The fourth-order valence-electron chi connectivity index (χ4n) is 2.74. The molecule has 90 valence electrons. The van der Waals surface area contributed by atoms with Crippen LogP contribution < -0.4 is 5.73 Å². The van der Waals surface area contributed by atoms with Gasteiger partial charge in [0.05, 0.1) is 11.8 Å². The fraction of sp³-hybridized carbons (Fsp3) is 0.500. The summed E-state index contributed by atoms with van der Waals surface area (Å²) >= 11 is 0. The molecular formula is C12H15FN4. The zero-order chi connectivity index (χ0) is 12.0. The van der Waals surface area contributed by atoms with Gasteiger partial charge in [-0.2, -0.15) is 4.39 Å². The molecule has 2 aromatic rings. The lowest BCUT2D eigenvalue weighted by atomic mass is 10.1. The molecule has 4 nitrogen and oxygen atoms in total. The molecule has 2 atom stereocenters. The van der Waals surface area contributed by atoms with Gasteiger partial charge in [0.2, 0.25) is 5.95 Å². The molecule has 2 heterocycles. The van der Waals surface area contributed by atoms with Crippen molar-refractivity contribution >= 4 is 16.9 Å². The molecule has 17 heavy (non-hydrogen) atoms. The summed E-state index contributed by atoms with van der Waals surface area (Å²) in [7, 11) is 0. The molecule has 0 aromatic carbocycles. The van der Waals surface area contributed by atoms with Crippen molar-refractivity contribution in [2.24, 2.45) is 5.92 Å². The van der Waals surface area contributed by atoms with Gasteiger partial charge in [-0.25, -0.2) is 9.97 Å². The van der Waals surface area contributed by atoms with E-state index < -0.39 is 5.95 Å². The van der Waals surface area contributed by atoms with Gasteiger partial charge >= 0.3 is 0 Å². The highest BCUT2D eigenvalue weighted by Gasteiger charge is 2.24. The van der Waals surface area contributed by atoms with Crippen molar-refractivity contribution in [2.45, 2.75) is 32.2 Å². The Morgan fingerprint density at radius 3 is 3.00 bits per heavy atom. The Balaban J connectivity index is 2.11. The van der Waals surface area contributed by atoms with Gasteiger partial charge in [-0.3, -0.25) is 0 Å². The van der Waals surface area contributed by atoms with Crippen LogP contribution in [0.1, 0.15) is 32.2 Å². The van der Waals surface area contributed by atoms with Crippen LogP contribution in [0.25, 0.3) is 11.0 Å². The molecule has 0 amide bonds. The van der Waals surface area contributed by atoms with Crippen LogP contribution in [0.4, 0.5) is 10.2 Å². The van der Waals surface area contributed by atoms with E-state index in [-0.39, 0.29) is 5.82 Å². The van der Waals surface area contributed by atoms with E-state index in [1.807, 2.05) is 4.57 Å². The minimum atomic E-state index is -0.539. The molecule has 1 aliphatic rings. The molecule has 0 radical (unpaired) electrons. The summed E-state index contributed by atoms with van der Waals surface area (Å²) in [5.41, 5.74) is 7.03. The number of hydrogen-bond acceptors (Lipinski definition) is 3. The van der Waals surface area contributed by atoms with Crippen molar-refractivity contribution in [3.63, 3.8) is 0 Å². The maximum atomic E-state index is 13.3. The molecule has 0 bridgehead atoms. The molecule has 0 unspecified atom stereocenters. The van der Waals surface area contributed by atoms with Crippen LogP contribution >= 0.6 is 0 Å². The van der Waals surface area contributed by atoms with Gasteiger partial charge in [-0.1, -0.05) is 6.92 Å². The number of imidazole rings is 1. The molecule has 0 aliphatic heterocycles. The van der Waals surface area contributed by atoms with Crippen LogP contribution in [0.2, 0.25) is 0 Å². The summed E-state index contributed by atoms with van der Waals surface area (Å²) in [5, 5.41) is 0. The number of halogens is 1. The van der Waals surface area contributed by atoms with E-state index in [1.165, 1.54) is 12.5 Å². The standard InChI is InChI=1S/C12H15FN4/c1-7-2-3-8(4-7)17-6-15-11-9(17)5-10(13)16-12(11)14/h5-8H,2-4H2,1H3,(H2,14,16)/t7-,8+/m1/s1. The Bertz CT molecular complexity index is 563. The lowest BCUT2D eigenvalue weighted by molar-refractivity contribution is 0.503. The summed E-state index contributed by atoms with van der Waals surface area (Å²) in [5.74, 6) is 0.356. The van der Waals surface area contributed by atoms with Gasteiger partial charge in [0.1, 0.15) is 5.52 Å². The molecule has 2 N–H and O–H groups in total. The second kappa shape index (κ2) is 3.68. The molecule has 1 saturated carbocycles. The summed E-state index contributed by atoms with van der Waals surface area (Å²) in [4.78, 5) is 7.83. The van der Waals surface area contributed by atoms with Crippen LogP contribution in [0, 0.1) is 11.9 Å². The molecule has 2 aromatic heterocycles. The number of nitrogens with two attached hydrogens (primary N) is 1. The molecule has 0 saturated heterocycles. The monoisotopic (exact) mass is 234 g/mol. The van der Waals surface area contributed by atoms with Gasteiger partial charge in [-0.05, 0) is 25.2 Å². The number of nitrogen functional groups attached to an aromatic ring is 1. The van der Waals surface area contributed by atoms with Gasteiger partial charge in [-0.15, -0.1) is 0 Å². The van der Waals surface area contributed by atoms with Gasteiger partial charge in [0, 0.05) is 12.1 Å². The quantitative estimate of drug-likeness (QED) is 0.771. The highest BCUT2D eigenvalue weighted by molar-refractivity contribution is 5.84. The second-order valence-electron chi connectivity index (χ2n) is 4.92.